The molecule has 2 nitrogen and oxygen atoms in total. The number of amides is 1. The highest BCUT2D eigenvalue weighted by molar-refractivity contribution is 9.11. The highest BCUT2D eigenvalue weighted by atomic mass is 79.9. The Bertz CT molecular complexity index is 614. The predicted octanol–water partition coefficient (Wildman–Crippen LogP) is 4.06. The molecule has 0 N–H and O–H groups in total. The van der Waals surface area contributed by atoms with E-state index in [0.717, 1.165) is 9.85 Å². The molecule has 1 amide bonds. The molecule has 0 atom stereocenters. The van der Waals surface area contributed by atoms with Crippen molar-refractivity contribution >= 4 is 33.2 Å². The average Bonchev–Trinajstić information content (AvgIpc) is 2.78. The normalized spacial score (nSPS) is 10.5. The van der Waals surface area contributed by atoms with Crippen LogP contribution < -0.4 is 0 Å². The summed E-state index contributed by atoms with van der Waals surface area (Å²) >= 11 is 4.69. The van der Waals surface area contributed by atoms with Gasteiger partial charge in [-0.25, -0.2) is 8.78 Å². The summed E-state index contributed by atoms with van der Waals surface area (Å²) in [5.41, 5.74) is 0.827. The first-order valence-electron chi connectivity index (χ1n) is 5.41. The summed E-state index contributed by atoms with van der Waals surface area (Å²) in [6.07, 6.45) is 0. The van der Waals surface area contributed by atoms with E-state index in [1.54, 1.807) is 18.5 Å². The van der Waals surface area contributed by atoms with Gasteiger partial charge in [-0.3, -0.25) is 4.79 Å². The van der Waals surface area contributed by atoms with Gasteiger partial charge in [0.2, 0.25) is 0 Å². The third-order valence-corrected chi connectivity index (χ3v) is 4.09. The highest BCUT2D eigenvalue weighted by Crippen LogP contribution is 2.22. The average molecular weight is 346 g/mol. The van der Waals surface area contributed by atoms with Crippen LogP contribution in [0.4, 0.5) is 8.78 Å². The lowest BCUT2D eigenvalue weighted by molar-refractivity contribution is 0.0784. The first-order chi connectivity index (χ1) is 8.97. The molecule has 100 valence electrons. The Balaban J connectivity index is 2.12. The second-order valence-electron chi connectivity index (χ2n) is 4.04. The quantitative estimate of drug-likeness (QED) is 0.821. The Labute approximate surface area is 121 Å². The molecule has 19 heavy (non-hydrogen) atoms. The molecule has 1 aromatic heterocycles. The first kappa shape index (κ1) is 14.1. The number of nitrogens with zero attached hydrogens (tertiary/aromatic N) is 1. The highest BCUT2D eigenvalue weighted by Gasteiger charge is 2.15. The number of halogens is 3. The van der Waals surface area contributed by atoms with Crippen LogP contribution in [0.5, 0.6) is 0 Å². The van der Waals surface area contributed by atoms with Gasteiger partial charge in [-0.05, 0) is 28.1 Å². The fourth-order valence-corrected chi connectivity index (χ4v) is 2.75. The Hall–Kier alpha value is -1.27. The number of benzene rings is 1. The summed E-state index contributed by atoms with van der Waals surface area (Å²) in [6, 6.07) is 5.05. The lowest BCUT2D eigenvalue weighted by atomic mass is 10.2. The van der Waals surface area contributed by atoms with E-state index in [1.807, 2.05) is 0 Å². The van der Waals surface area contributed by atoms with Crippen molar-refractivity contribution in [3.05, 3.63) is 56.2 Å². The Kier molecular flexibility index (Phi) is 4.31. The molecule has 6 heteroatoms. The van der Waals surface area contributed by atoms with Gasteiger partial charge in [-0.2, -0.15) is 0 Å². The summed E-state index contributed by atoms with van der Waals surface area (Å²) in [7, 11) is 1.58. The zero-order chi connectivity index (χ0) is 14.0. The minimum absolute atomic E-state index is 0.0956. The molecule has 0 radical (unpaired) electrons. The third kappa shape index (κ3) is 3.39. The van der Waals surface area contributed by atoms with Crippen LogP contribution in [-0.4, -0.2) is 17.9 Å². The van der Waals surface area contributed by atoms with Crippen molar-refractivity contribution < 1.29 is 13.6 Å². The SMILES string of the molecule is CN(Cc1ccc(F)cc1F)C(=O)c1csc(Br)c1. The van der Waals surface area contributed by atoms with Gasteiger partial charge in [-0.15, -0.1) is 11.3 Å². The van der Waals surface area contributed by atoms with Crippen molar-refractivity contribution in [3.63, 3.8) is 0 Å². The number of hydrogen-bond donors (Lipinski definition) is 0. The van der Waals surface area contributed by atoms with E-state index in [-0.39, 0.29) is 18.0 Å². The molecular weight excluding hydrogens is 336 g/mol. The summed E-state index contributed by atoms with van der Waals surface area (Å²) in [6.45, 7) is 0.0956. The van der Waals surface area contributed by atoms with Crippen LogP contribution in [0, 0.1) is 11.6 Å². The van der Waals surface area contributed by atoms with E-state index in [1.165, 1.54) is 28.4 Å². The number of carbonyl (C=O) groups is 1. The smallest absolute Gasteiger partial charge is 0.254 e. The molecular formula is C13H10BrF2NOS. The fourth-order valence-electron chi connectivity index (χ4n) is 1.62. The Morgan fingerprint density at radius 1 is 1.37 bits per heavy atom. The maximum absolute atomic E-state index is 13.5. The first-order valence-corrected chi connectivity index (χ1v) is 7.08. The third-order valence-electron chi connectivity index (χ3n) is 2.58. The van der Waals surface area contributed by atoms with Gasteiger partial charge in [0, 0.05) is 30.6 Å². The second-order valence-corrected chi connectivity index (χ2v) is 6.33. The zero-order valence-corrected chi connectivity index (χ0v) is 12.4. The molecule has 0 aliphatic carbocycles. The van der Waals surface area contributed by atoms with Crippen molar-refractivity contribution in [1.82, 2.24) is 4.90 Å². The standard InChI is InChI=1S/C13H10BrF2NOS/c1-17(13(18)9-4-12(14)19-7-9)6-8-2-3-10(15)5-11(8)16/h2-5,7H,6H2,1H3. The summed E-state index contributed by atoms with van der Waals surface area (Å²) in [5.74, 6) is -1.48. The minimum atomic E-state index is -0.647. The maximum Gasteiger partial charge on any atom is 0.254 e. The molecule has 0 unspecified atom stereocenters. The number of thiophene rings is 1. The van der Waals surface area contributed by atoms with Crippen molar-refractivity contribution in [3.8, 4) is 0 Å². The topological polar surface area (TPSA) is 20.3 Å². The van der Waals surface area contributed by atoms with E-state index in [0.29, 0.717) is 5.56 Å². The molecule has 0 saturated heterocycles. The van der Waals surface area contributed by atoms with Gasteiger partial charge >= 0.3 is 0 Å². The lowest BCUT2D eigenvalue weighted by Gasteiger charge is -2.17. The van der Waals surface area contributed by atoms with Gasteiger partial charge in [-0.1, -0.05) is 6.07 Å². The molecule has 0 spiro atoms. The van der Waals surface area contributed by atoms with Crippen molar-refractivity contribution in [2.75, 3.05) is 7.05 Å². The monoisotopic (exact) mass is 345 g/mol. The number of carbonyl (C=O) groups excluding carboxylic acids is 1. The van der Waals surface area contributed by atoms with Crippen molar-refractivity contribution in [2.45, 2.75) is 6.54 Å². The van der Waals surface area contributed by atoms with E-state index in [4.69, 9.17) is 0 Å². The number of hydrogen-bond acceptors (Lipinski definition) is 2. The van der Waals surface area contributed by atoms with Crippen molar-refractivity contribution in [1.29, 1.82) is 0 Å². The zero-order valence-electron chi connectivity index (χ0n) is 9.99. The second kappa shape index (κ2) is 5.79. The summed E-state index contributed by atoms with van der Waals surface area (Å²) < 4.78 is 27.1. The molecule has 0 fully saturated rings. The fraction of sp³-hybridized carbons (Fsp3) is 0.154. The van der Waals surface area contributed by atoms with E-state index in [2.05, 4.69) is 15.9 Å². The minimum Gasteiger partial charge on any atom is -0.337 e. The lowest BCUT2D eigenvalue weighted by Crippen LogP contribution is -2.26. The summed E-state index contributed by atoms with van der Waals surface area (Å²) in [5, 5.41) is 1.73. The van der Waals surface area contributed by atoms with Crippen LogP contribution in [0.25, 0.3) is 0 Å². The van der Waals surface area contributed by atoms with Gasteiger partial charge in [0.1, 0.15) is 11.6 Å². The Morgan fingerprint density at radius 2 is 2.11 bits per heavy atom. The van der Waals surface area contributed by atoms with Crippen LogP contribution in [0.1, 0.15) is 15.9 Å². The van der Waals surface area contributed by atoms with Gasteiger partial charge in [0.15, 0.2) is 0 Å². The van der Waals surface area contributed by atoms with E-state index in [9.17, 15) is 13.6 Å². The van der Waals surface area contributed by atoms with Gasteiger partial charge < -0.3 is 4.90 Å². The van der Waals surface area contributed by atoms with Crippen LogP contribution in [0.2, 0.25) is 0 Å². The van der Waals surface area contributed by atoms with Gasteiger partial charge in [0.05, 0.1) is 9.35 Å². The predicted molar refractivity (Wildman–Crippen MR) is 74.2 cm³/mol. The Morgan fingerprint density at radius 3 is 2.68 bits per heavy atom. The van der Waals surface area contributed by atoms with Gasteiger partial charge in [0.25, 0.3) is 5.91 Å². The molecule has 0 aliphatic heterocycles. The molecule has 1 aromatic carbocycles. The molecule has 0 aliphatic rings. The van der Waals surface area contributed by atoms with Crippen LogP contribution in [0.15, 0.2) is 33.4 Å². The van der Waals surface area contributed by atoms with Crippen LogP contribution in [0.3, 0.4) is 0 Å². The van der Waals surface area contributed by atoms with Crippen molar-refractivity contribution in [2.24, 2.45) is 0 Å². The molecule has 2 rings (SSSR count). The van der Waals surface area contributed by atoms with E-state index < -0.39 is 11.6 Å². The molecule has 0 saturated carbocycles. The van der Waals surface area contributed by atoms with Crippen LogP contribution >= 0.6 is 27.3 Å². The molecule has 1 heterocycles. The number of rotatable bonds is 3. The maximum atomic E-state index is 13.5. The molecule has 2 aromatic rings. The largest absolute Gasteiger partial charge is 0.337 e. The molecule has 0 bridgehead atoms. The van der Waals surface area contributed by atoms with Crippen LogP contribution in [-0.2, 0) is 6.54 Å². The van der Waals surface area contributed by atoms with E-state index >= 15 is 0 Å². The summed E-state index contributed by atoms with van der Waals surface area (Å²) in [4.78, 5) is 13.4.